The third kappa shape index (κ3) is 3.17. The topological polar surface area (TPSA) is 26.3 Å². The van der Waals surface area contributed by atoms with Crippen LogP contribution in [0.4, 0.5) is 0 Å². The number of carbonyl (C=O) groups excluding carboxylic acids is 1. The van der Waals surface area contributed by atoms with Crippen molar-refractivity contribution in [3.05, 3.63) is 35.4 Å². The van der Waals surface area contributed by atoms with Crippen LogP contribution in [0, 0.1) is 12.8 Å². The van der Waals surface area contributed by atoms with Crippen molar-refractivity contribution in [1.82, 2.24) is 0 Å². The molecule has 0 aromatic heterocycles. The lowest BCUT2D eigenvalue weighted by atomic mass is 9.97. The van der Waals surface area contributed by atoms with E-state index >= 15 is 0 Å². The van der Waals surface area contributed by atoms with Crippen molar-refractivity contribution in [3.8, 4) is 0 Å². The third-order valence-electron chi connectivity index (χ3n) is 3.02. The number of Topliss-reactive ketones (excluding diaryl/α,β-unsaturated/α-hetero) is 1. The molecule has 1 fully saturated rings. The summed E-state index contributed by atoms with van der Waals surface area (Å²) < 4.78 is 5.28. The van der Waals surface area contributed by atoms with Gasteiger partial charge in [-0.25, -0.2) is 0 Å². The third-order valence-corrected chi connectivity index (χ3v) is 3.02. The van der Waals surface area contributed by atoms with Gasteiger partial charge in [0.05, 0.1) is 0 Å². The molecule has 0 saturated carbocycles. The molecule has 1 heterocycles. The van der Waals surface area contributed by atoms with Crippen LogP contribution in [-0.2, 0) is 16.0 Å². The summed E-state index contributed by atoms with van der Waals surface area (Å²) >= 11 is 0. The fourth-order valence-corrected chi connectivity index (χ4v) is 2.19. The Kier molecular flexibility index (Phi) is 3.73. The molecule has 2 nitrogen and oxygen atoms in total. The molecule has 1 unspecified atom stereocenters. The molecule has 0 spiro atoms. The molecule has 1 aliphatic rings. The lowest BCUT2D eigenvalue weighted by Gasteiger charge is -2.06. The number of hydrogen-bond donors (Lipinski definition) is 0. The van der Waals surface area contributed by atoms with E-state index in [1.54, 1.807) is 0 Å². The molecule has 1 aromatic carbocycles. The van der Waals surface area contributed by atoms with Gasteiger partial charge in [0.25, 0.3) is 0 Å². The SMILES string of the molecule is Cc1cccc(CC(=O)CC2CCOC2)c1. The molecule has 0 aliphatic carbocycles. The fourth-order valence-electron chi connectivity index (χ4n) is 2.19. The van der Waals surface area contributed by atoms with Gasteiger partial charge < -0.3 is 4.74 Å². The fraction of sp³-hybridized carbons (Fsp3) is 0.500. The molecule has 1 aliphatic heterocycles. The van der Waals surface area contributed by atoms with Crippen LogP contribution in [0.25, 0.3) is 0 Å². The second-order valence-corrected chi connectivity index (χ2v) is 4.64. The zero-order chi connectivity index (χ0) is 11.4. The van der Waals surface area contributed by atoms with Crippen molar-refractivity contribution >= 4 is 5.78 Å². The number of aryl methyl sites for hydroxylation is 1. The van der Waals surface area contributed by atoms with Gasteiger partial charge in [-0.2, -0.15) is 0 Å². The molecule has 0 N–H and O–H groups in total. The minimum absolute atomic E-state index is 0.334. The Morgan fingerprint density at radius 1 is 1.50 bits per heavy atom. The molecule has 2 rings (SSSR count). The van der Waals surface area contributed by atoms with E-state index in [4.69, 9.17) is 4.74 Å². The highest BCUT2D eigenvalue weighted by atomic mass is 16.5. The van der Waals surface area contributed by atoms with E-state index < -0.39 is 0 Å². The van der Waals surface area contributed by atoms with Crippen molar-refractivity contribution in [2.75, 3.05) is 13.2 Å². The minimum atomic E-state index is 0.334. The minimum Gasteiger partial charge on any atom is -0.381 e. The summed E-state index contributed by atoms with van der Waals surface area (Å²) in [5.74, 6) is 0.790. The van der Waals surface area contributed by atoms with Crippen LogP contribution in [-0.4, -0.2) is 19.0 Å². The van der Waals surface area contributed by atoms with Gasteiger partial charge in [-0.05, 0) is 24.8 Å². The lowest BCUT2D eigenvalue weighted by Crippen LogP contribution is -2.10. The monoisotopic (exact) mass is 218 g/mol. The Bertz CT molecular complexity index is 365. The zero-order valence-electron chi connectivity index (χ0n) is 9.74. The van der Waals surface area contributed by atoms with Crippen molar-refractivity contribution in [1.29, 1.82) is 0 Å². The van der Waals surface area contributed by atoms with Gasteiger partial charge in [0.1, 0.15) is 5.78 Å². The Morgan fingerprint density at radius 3 is 3.06 bits per heavy atom. The maximum atomic E-state index is 11.8. The molecule has 1 aromatic rings. The molecule has 0 amide bonds. The number of ether oxygens (including phenoxy) is 1. The van der Waals surface area contributed by atoms with Crippen LogP contribution >= 0.6 is 0 Å². The number of rotatable bonds is 4. The Morgan fingerprint density at radius 2 is 2.38 bits per heavy atom. The number of hydrogen-bond acceptors (Lipinski definition) is 2. The summed E-state index contributed by atoms with van der Waals surface area (Å²) in [5, 5.41) is 0. The van der Waals surface area contributed by atoms with E-state index in [1.165, 1.54) is 5.56 Å². The smallest absolute Gasteiger partial charge is 0.137 e. The molecular weight excluding hydrogens is 200 g/mol. The highest BCUT2D eigenvalue weighted by Crippen LogP contribution is 2.17. The predicted molar refractivity (Wildman–Crippen MR) is 63.4 cm³/mol. The number of ketones is 1. The average molecular weight is 218 g/mol. The van der Waals surface area contributed by atoms with E-state index in [1.807, 2.05) is 12.1 Å². The first-order valence-electron chi connectivity index (χ1n) is 5.89. The summed E-state index contributed by atoms with van der Waals surface area (Å²) in [5.41, 5.74) is 2.35. The van der Waals surface area contributed by atoms with Crippen molar-refractivity contribution in [2.45, 2.75) is 26.2 Å². The molecule has 16 heavy (non-hydrogen) atoms. The van der Waals surface area contributed by atoms with Gasteiger partial charge in [-0.15, -0.1) is 0 Å². The van der Waals surface area contributed by atoms with E-state index in [0.29, 0.717) is 24.5 Å². The van der Waals surface area contributed by atoms with Crippen LogP contribution in [0.15, 0.2) is 24.3 Å². The van der Waals surface area contributed by atoms with Gasteiger partial charge in [-0.3, -0.25) is 4.79 Å². The number of benzene rings is 1. The van der Waals surface area contributed by atoms with E-state index in [-0.39, 0.29) is 0 Å². The second kappa shape index (κ2) is 5.26. The molecule has 86 valence electrons. The van der Waals surface area contributed by atoms with Crippen molar-refractivity contribution in [2.24, 2.45) is 5.92 Å². The highest BCUT2D eigenvalue weighted by molar-refractivity contribution is 5.81. The first kappa shape index (κ1) is 11.3. The highest BCUT2D eigenvalue weighted by Gasteiger charge is 2.18. The maximum absolute atomic E-state index is 11.8. The van der Waals surface area contributed by atoms with Crippen LogP contribution < -0.4 is 0 Å². The van der Waals surface area contributed by atoms with Crippen LogP contribution in [0.3, 0.4) is 0 Å². The largest absolute Gasteiger partial charge is 0.381 e. The Balaban J connectivity index is 1.86. The normalized spacial score (nSPS) is 19.9. The molecule has 0 bridgehead atoms. The van der Waals surface area contributed by atoms with E-state index in [9.17, 15) is 4.79 Å². The summed E-state index contributed by atoms with van der Waals surface area (Å²) in [6.45, 7) is 3.64. The van der Waals surface area contributed by atoms with Gasteiger partial charge in [0.2, 0.25) is 0 Å². The molecular formula is C14H18O2. The van der Waals surface area contributed by atoms with Gasteiger partial charge >= 0.3 is 0 Å². The Hall–Kier alpha value is -1.15. The summed E-state index contributed by atoms with van der Waals surface area (Å²) in [6, 6.07) is 8.18. The van der Waals surface area contributed by atoms with Crippen LogP contribution in [0.5, 0.6) is 0 Å². The first-order valence-corrected chi connectivity index (χ1v) is 5.89. The molecule has 1 saturated heterocycles. The average Bonchev–Trinajstić information content (AvgIpc) is 2.70. The molecule has 0 radical (unpaired) electrons. The predicted octanol–water partition coefficient (Wildman–Crippen LogP) is 2.53. The van der Waals surface area contributed by atoms with Crippen LogP contribution in [0.1, 0.15) is 24.0 Å². The van der Waals surface area contributed by atoms with E-state index in [0.717, 1.165) is 25.2 Å². The van der Waals surface area contributed by atoms with E-state index in [2.05, 4.69) is 19.1 Å². The quantitative estimate of drug-likeness (QED) is 0.776. The second-order valence-electron chi connectivity index (χ2n) is 4.64. The lowest BCUT2D eigenvalue weighted by molar-refractivity contribution is -0.119. The summed E-state index contributed by atoms with van der Waals surface area (Å²) in [6.07, 6.45) is 2.28. The Labute approximate surface area is 96.6 Å². The van der Waals surface area contributed by atoms with Crippen molar-refractivity contribution < 1.29 is 9.53 Å². The van der Waals surface area contributed by atoms with Gasteiger partial charge in [-0.1, -0.05) is 29.8 Å². The summed E-state index contributed by atoms with van der Waals surface area (Å²) in [7, 11) is 0. The van der Waals surface area contributed by atoms with Crippen LogP contribution in [0.2, 0.25) is 0 Å². The first-order chi connectivity index (χ1) is 7.74. The number of carbonyl (C=O) groups is 1. The zero-order valence-corrected chi connectivity index (χ0v) is 9.74. The molecule has 1 atom stereocenters. The van der Waals surface area contributed by atoms with Crippen molar-refractivity contribution in [3.63, 3.8) is 0 Å². The molecule has 2 heteroatoms. The van der Waals surface area contributed by atoms with Gasteiger partial charge in [0, 0.05) is 26.1 Å². The maximum Gasteiger partial charge on any atom is 0.137 e. The summed E-state index contributed by atoms with van der Waals surface area (Å²) in [4.78, 5) is 11.8. The van der Waals surface area contributed by atoms with Gasteiger partial charge in [0.15, 0.2) is 0 Å². The standard InChI is InChI=1S/C14H18O2/c1-11-3-2-4-12(7-11)8-14(15)9-13-5-6-16-10-13/h2-4,7,13H,5-6,8-10H2,1H3.